The Morgan fingerprint density at radius 1 is 1.15 bits per heavy atom. The minimum atomic E-state index is -0.197. The highest BCUT2D eigenvalue weighted by Crippen LogP contribution is 2.26. The van der Waals surface area contributed by atoms with E-state index in [1.807, 2.05) is 44.2 Å². The first-order valence-electron chi connectivity index (χ1n) is 8.50. The molecule has 0 aliphatic heterocycles. The van der Waals surface area contributed by atoms with Crippen LogP contribution in [0.5, 0.6) is 5.75 Å². The Labute approximate surface area is 151 Å². The van der Waals surface area contributed by atoms with Crippen LogP contribution >= 0.6 is 0 Å². The maximum absolute atomic E-state index is 12.9. The summed E-state index contributed by atoms with van der Waals surface area (Å²) >= 11 is 0. The fraction of sp³-hybridized carbons (Fsp3) is 0.238. The lowest BCUT2D eigenvalue weighted by molar-refractivity contribution is -0.123. The standard InChI is InChI=1S/C21H21NO4/c1-13(2)22-19(23)12-25-16-9-10-17-18(11-16)26-14(3)20(21(17)24)15-7-5-4-6-8-15/h4-11,13H,12H2,1-3H3,(H,22,23). The molecular weight excluding hydrogens is 330 g/mol. The maximum Gasteiger partial charge on any atom is 0.258 e. The molecule has 26 heavy (non-hydrogen) atoms. The van der Waals surface area contributed by atoms with Crippen molar-refractivity contribution in [3.8, 4) is 16.9 Å². The molecule has 5 nitrogen and oxygen atoms in total. The van der Waals surface area contributed by atoms with Crippen LogP contribution in [0.3, 0.4) is 0 Å². The third-order valence-electron chi connectivity index (χ3n) is 3.92. The molecular formula is C21H21NO4. The lowest BCUT2D eigenvalue weighted by Gasteiger charge is -2.11. The normalized spacial score (nSPS) is 10.9. The number of nitrogens with one attached hydrogen (secondary N) is 1. The van der Waals surface area contributed by atoms with Gasteiger partial charge < -0.3 is 14.5 Å². The summed E-state index contributed by atoms with van der Waals surface area (Å²) in [7, 11) is 0. The Kier molecular flexibility index (Phi) is 5.07. The smallest absolute Gasteiger partial charge is 0.258 e. The van der Waals surface area contributed by atoms with E-state index in [1.165, 1.54) is 0 Å². The molecule has 0 atom stereocenters. The van der Waals surface area contributed by atoms with Gasteiger partial charge in [-0.2, -0.15) is 0 Å². The molecule has 0 aliphatic carbocycles. The van der Waals surface area contributed by atoms with E-state index in [4.69, 9.17) is 9.15 Å². The highest BCUT2D eigenvalue weighted by atomic mass is 16.5. The number of hydrogen-bond acceptors (Lipinski definition) is 4. The molecule has 3 rings (SSSR count). The lowest BCUT2D eigenvalue weighted by atomic mass is 10.0. The van der Waals surface area contributed by atoms with Crippen LogP contribution in [0.4, 0.5) is 0 Å². The predicted molar refractivity (Wildman–Crippen MR) is 101 cm³/mol. The number of rotatable bonds is 5. The van der Waals surface area contributed by atoms with Crippen molar-refractivity contribution in [3.05, 3.63) is 64.5 Å². The second-order valence-electron chi connectivity index (χ2n) is 6.40. The van der Waals surface area contributed by atoms with Gasteiger partial charge in [-0.15, -0.1) is 0 Å². The molecule has 134 valence electrons. The molecule has 0 spiro atoms. The largest absolute Gasteiger partial charge is 0.484 e. The van der Waals surface area contributed by atoms with Crippen LogP contribution in [0.2, 0.25) is 0 Å². The highest BCUT2D eigenvalue weighted by Gasteiger charge is 2.14. The number of aryl methyl sites for hydroxylation is 1. The zero-order chi connectivity index (χ0) is 18.7. The van der Waals surface area contributed by atoms with Crippen LogP contribution in [0.25, 0.3) is 22.1 Å². The van der Waals surface area contributed by atoms with Crippen molar-refractivity contribution in [1.29, 1.82) is 0 Å². The minimum Gasteiger partial charge on any atom is -0.484 e. The highest BCUT2D eigenvalue weighted by molar-refractivity contribution is 5.84. The Hall–Kier alpha value is -3.08. The molecule has 1 N–H and O–H groups in total. The molecule has 5 heteroatoms. The van der Waals surface area contributed by atoms with Crippen molar-refractivity contribution >= 4 is 16.9 Å². The summed E-state index contributed by atoms with van der Waals surface area (Å²) in [6.45, 7) is 5.45. The summed E-state index contributed by atoms with van der Waals surface area (Å²) < 4.78 is 11.4. The summed E-state index contributed by atoms with van der Waals surface area (Å²) in [6, 6.07) is 14.5. The van der Waals surface area contributed by atoms with Crippen LogP contribution in [-0.4, -0.2) is 18.6 Å². The molecule has 1 heterocycles. The molecule has 1 amide bonds. The maximum atomic E-state index is 12.9. The van der Waals surface area contributed by atoms with E-state index in [0.717, 1.165) is 5.56 Å². The van der Waals surface area contributed by atoms with Gasteiger partial charge in [-0.25, -0.2) is 0 Å². The van der Waals surface area contributed by atoms with E-state index < -0.39 is 0 Å². The first kappa shape index (κ1) is 17.7. The molecule has 0 unspecified atom stereocenters. The molecule has 0 saturated heterocycles. The van der Waals surface area contributed by atoms with E-state index in [1.54, 1.807) is 25.1 Å². The zero-order valence-electron chi connectivity index (χ0n) is 15.0. The van der Waals surface area contributed by atoms with Gasteiger partial charge in [-0.1, -0.05) is 30.3 Å². The summed E-state index contributed by atoms with van der Waals surface area (Å²) in [5.41, 5.74) is 1.74. The molecule has 1 aromatic heterocycles. The van der Waals surface area contributed by atoms with Crippen LogP contribution < -0.4 is 15.5 Å². The number of carbonyl (C=O) groups is 1. The number of hydrogen-bond donors (Lipinski definition) is 1. The average molecular weight is 351 g/mol. The average Bonchev–Trinajstić information content (AvgIpc) is 2.60. The molecule has 3 aromatic rings. The third kappa shape index (κ3) is 3.77. The monoisotopic (exact) mass is 351 g/mol. The van der Waals surface area contributed by atoms with Gasteiger partial charge in [0.05, 0.1) is 10.9 Å². The van der Waals surface area contributed by atoms with Crippen molar-refractivity contribution < 1.29 is 13.9 Å². The van der Waals surface area contributed by atoms with E-state index in [9.17, 15) is 9.59 Å². The van der Waals surface area contributed by atoms with Gasteiger partial charge in [-0.05, 0) is 38.5 Å². The molecule has 0 radical (unpaired) electrons. The quantitative estimate of drug-likeness (QED) is 0.761. The van der Waals surface area contributed by atoms with Crippen LogP contribution in [0, 0.1) is 6.92 Å². The van der Waals surface area contributed by atoms with Crippen molar-refractivity contribution in [1.82, 2.24) is 5.32 Å². The number of fused-ring (bicyclic) bond motifs is 1. The van der Waals surface area contributed by atoms with E-state index in [-0.39, 0.29) is 24.0 Å². The van der Waals surface area contributed by atoms with Crippen LogP contribution in [0.15, 0.2) is 57.7 Å². The fourth-order valence-corrected chi connectivity index (χ4v) is 2.83. The number of carbonyl (C=O) groups excluding carboxylic acids is 1. The predicted octanol–water partition coefficient (Wildman–Crippen LogP) is 3.67. The molecule has 0 bridgehead atoms. The second-order valence-corrected chi connectivity index (χ2v) is 6.40. The van der Waals surface area contributed by atoms with E-state index in [0.29, 0.717) is 28.0 Å². The summed E-state index contributed by atoms with van der Waals surface area (Å²) in [4.78, 5) is 24.6. The van der Waals surface area contributed by atoms with E-state index >= 15 is 0 Å². The van der Waals surface area contributed by atoms with Crippen molar-refractivity contribution in [2.75, 3.05) is 6.61 Å². The number of amides is 1. The first-order chi connectivity index (χ1) is 12.5. The Morgan fingerprint density at radius 2 is 1.88 bits per heavy atom. The van der Waals surface area contributed by atoms with Gasteiger partial charge in [0.15, 0.2) is 6.61 Å². The molecule has 0 saturated carbocycles. The van der Waals surface area contributed by atoms with Crippen LogP contribution in [-0.2, 0) is 4.79 Å². The van der Waals surface area contributed by atoms with Crippen molar-refractivity contribution in [3.63, 3.8) is 0 Å². The Balaban J connectivity index is 1.92. The molecule has 0 fully saturated rings. The summed E-state index contributed by atoms with van der Waals surface area (Å²) in [6.07, 6.45) is 0. The first-order valence-corrected chi connectivity index (χ1v) is 8.50. The van der Waals surface area contributed by atoms with Crippen LogP contribution in [0.1, 0.15) is 19.6 Å². The zero-order valence-corrected chi connectivity index (χ0v) is 15.0. The second kappa shape index (κ2) is 7.44. The van der Waals surface area contributed by atoms with Gasteiger partial charge in [0.25, 0.3) is 5.91 Å². The van der Waals surface area contributed by atoms with Gasteiger partial charge in [-0.3, -0.25) is 9.59 Å². The topological polar surface area (TPSA) is 68.5 Å². The van der Waals surface area contributed by atoms with Gasteiger partial charge in [0, 0.05) is 12.1 Å². The lowest BCUT2D eigenvalue weighted by Crippen LogP contribution is -2.34. The summed E-state index contributed by atoms with van der Waals surface area (Å²) in [5.74, 6) is 0.826. The Bertz CT molecular complexity index is 990. The Morgan fingerprint density at radius 3 is 2.58 bits per heavy atom. The van der Waals surface area contributed by atoms with Crippen molar-refractivity contribution in [2.24, 2.45) is 0 Å². The molecule has 2 aromatic carbocycles. The third-order valence-corrected chi connectivity index (χ3v) is 3.92. The van der Waals surface area contributed by atoms with Gasteiger partial charge in [0.2, 0.25) is 5.43 Å². The van der Waals surface area contributed by atoms with Gasteiger partial charge >= 0.3 is 0 Å². The fourth-order valence-electron chi connectivity index (χ4n) is 2.83. The minimum absolute atomic E-state index is 0.0554. The molecule has 0 aliphatic rings. The van der Waals surface area contributed by atoms with Crippen molar-refractivity contribution in [2.45, 2.75) is 26.8 Å². The van der Waals surface area contributed by atoms with E-state index in [2.05, 4.69) is 5.32 Å². The number of ether oxygens (including phenoxy) is 1. The number of benzene rings is 2. The SMILES string of the molecule is Cc1oc2cc(OCC(=O)NC(C)C)ccc2c(=O)c1-c1ccccc1. The van der Waals surface area contributed by atoms with Gasteiger partial charge in [0.1, 0.15) is 17.1 Å². The summed E-state index contributed by atoms with van der Waals surface area (Å²) in [5, 5.41) is 3.24.